The first-order valence-electron chi connectivity index (χ1n) is 7.91. The first-order valence-corrected chi connectivity index (χ1v) is 9.67. The minimum Gasteiger partial charge on any atom is -0.497 e. The first-order chi connectivity index (χ1) is 13.1. The van der Waals surface area contributed by atoms with Crippen molar-refractivity contribution < 1.29 is 18.7 Å². The minimum absolute atomic E-state index is 0.0564. The highest BCUT2D eigenvalue weighted by Gasteiger charge is 2.15. The number of fused-ring (bicyclic) bond motifs is 1. The predicted octanol–water partition coefficient (Wildman–Crippen LogP) is 4.34. The fraction of sp³-hybridized carbons (Fsp3) is 0.105. The molecule has 1 aromatic carbocycles. The molecule has 0 saturated carbocycles. The molecule has 0 aliphatic rings. The Balaban J connectivity index is 1.55. The third kappa shape index (κ3) is 3.62. The van der Waals surface area contributed by atoms with E-state index in [1.165, 1.54) is 24.5 Å². The second kappa shape index (κ2) is 7.34. The highest BCUT2D eigenvalue weighted by atomic mass is 32.1. The minimum atomic E-state index is -0.538. The van der Waals surface area contributed by atoms with Crippen molar-refractivity contribution in [2.45, 2.75) is 6.61 Å². The van der Waals surface area contributed by atoms with Crippen LogP contribution in [0.2, 0.25) is 0 Å². The standard InChI is InChI=1S/C19H13NO5S2/c1-23-12-4-5-13-11(7-17(21)25-15(13)8-12)9-24-19(22)14-10-27-18(20-14)16-3-2-6-26-16/h2-8,10H,9H2,1H3. The van der Waals surface area contributed by atoms with Crippen molar-refractivity contribution in [1.29, 1.82) is 0 Å². The highest BCUT2D eigenvalue weighted by molar-refractivity contribution is 7.20. The number of hydrogen-bond donors (Lipinski definition) is 0. The summed E-state index contributed by atoms with van der Waals surface area (Å²) in [5.41, 5.74) is 0.667. The molecule has 0 bridgehead atoms. The lowest BCUT2D eigenvalue weighted by Gasteiger charge is -2.07. The molecule has 0 N–H and O–H groups in total. The van der Waals surface area contributed by atoms with Crippen molar-refractivity contribution in [3.8, 4) is 15.6 Å². The van der Waals surface area contributed by atoms with Crippen LogP contribution in [0.4, 0.5) is 0 Å². The van der Waals surface area contributed by atoms with Gasteiger partial charge in [0, 0.05) is 28.5 Å². The summed E-state index contributed by atoms with van der Waals surface area (Å²) in [7, 11) is 1.53. The van der Waals surface area contributed by atoms with Crippen molar-refractivity contribution in [2.75, 3.05) is 7.11 Å². The second-order valence-electron chi connectivity index (χ2n) is 5.54. The monoisotopic (exact) mass is 399 g/mol. The van der Waals surface area contributed by atoms with Crippen molar-refractivity contribution >= 4 is 39.6 Å². The summed E-state index contributed by atoms with van der Waals surface area (Å²) < 4.78 is 15.7. The maximum absolute atomic E-state index is 12.3. The molecule has 0 aliphatic heterocycles. The van der Waals surface area contributed by atoms with Gasteiger partial charge in [0.05, 0.1) is 12.0 Å². The molecule has 0 radical (unpaired) electrons. The molecule has 0 saturated heterocycles. The highest BCUT2D eigenvalue weighted by Crippen LogP contribution is 2.28. The lowest BCUT2D eigenvalue weighted by molar-refractivity contribution is 0.0468. The molecule has 3 aromatic heterocycles. The van der Waals surface area contributed by atoms with Gasteiger partial charge in [-0.3, -0.25) is 0 Å². The van der Waals surface area contributed by atoms with Crippen LogP contribution < -0.4 is 10.4 Å². The van der Waals surface area contributed by atoms with Crippen LogP contribution in [-0.2, 0) is 11.3 Å². The largest absolute Gasteiger partial charge is 0.497 e. The number of aromatic nitrogens is 1. The number of ether oxygens (including phenoxy) is 2. The third-order valence-electron chi connectivity index (χ3n) is 3.84. The maximum Gasteiger partial charge on any atom is 0.358 e. The van der Waals surface area contributed by atoms with E-state index in [1.807, 2.05) is 17.5 Å². The summed E-state index contributed by atoms with van der Waals surface area (Å²) >= 11 is 2.94. The Morgan fingerprint density at radius 2 is 2.11 bits per heavy atom. The number of esters is 1. The maximum atomic E-state index is 12.3. The summed E-state index contributed by atoms with van der Waals surface area (Å²) in [6.07, 6.45) is 0. The van der Waals surface area contributed by atoms with Gasteiger partial charge >= 0.3 is 11.6 Å². The molecule has 0 amide bonds. The smallest absolute Gasteiger partial charge is 0.358 e. The normalized spacial score (nSPS) is 10.9. The lowest BCUT2D eigenvalue weighted by Crippen LogP contribution is -2.08. The van der Waals surface area contributed by atoms with Crippen LogP contribution in [0.1, 0.15) is 16.1 Å². The van der Waals surface area contributed by atoms with Crippen molar-refractivity contribution in [3.63, 3.8) is 0 Å². The number of nitrogens with zero attached hydrogens (tertiary/aromatic N) is 1. The fourth-order valence-electron chi connectivity index (χ4n) is 2.55. The first kappa shape index (κ1) is 17.4. The molecule has 0 atom stereocenters. The Morgan fingerprint density at radius 3 is 2.89 bits per heavy atom. The Labute approximate surface area is 161 Å². The van der Waals surface area contributed by atoms with E-state index in [-0.39, 0.29) is 12.3 Å². The lowest BCUT2D eigenvalue weighted by atomic mass is 10.1. The quantitative estimate of drug-likeness (QED) is 0.367. The molecule has 0 unspecified atom stereocenters. The van der Waals surface area contributed by atoms with E-state index in [4.69, 9.17) is 13.9 Å². The Morgan fingerprint density at radius 1 is 1.22 bits per heavy atom. The SMILES string of the molecule is COc1ccc2c(COC(=O)c3csc(-c4cccs4)n3)cc(=O)oc2c1. The van der Waals surface area contributed by atoms with Gasteiger partial charge < -0.3 is 13.9 Å². The number of hydrogen-bond acceptors (Lipinski definition) is 8. The zero-order valence-corrected chi connectivity index (χ0v) is 15.8. The molecule has 4 aromatic rings. The van der Waals surface area contributed by atoms with Crippen LogP contribution in [0, 0.1) is 0 Å². The Hall–Kier alpha value is -2.97. The number of carbonyl (C=O) groups is 1. The summed E-state index contributed by atoms with van der Waals surface area (Å²) in [6, 6.07) is 10.3. The molecule has 0 spiro atoms. The van der Waals surface area contributed by atoms with E-state index in [9.17, 15) is 9.59 Å². The van der Waals surface area contributed by atoms with E-state index < -0.39 is 11.6 Å². The van der Waals surface area contributed by atoms with Crippen molar-refractivity contribution in [3.05, 3.63) is 68.8 Å². The topological polar surface area (TPSA) is 78.6 Å². The summed E-state index contributed by atoms with van der Waals surface area (Å²) in [6.45, 7) is -0.0564. The van der Waals surface area contributed by atoms with E-state index in [1.54, 1.807) is 34.9 Å². The molecule has 136 valence electrons. The fourth-order valence-corrected chi connectivity index (χ4v) is 4.16. The number of rotatable bonds is 5. The molecule has 0 fully saturated rings. The average Bonchev–Trinajstić information content (AvgIpc) is 3.36. The van der Waals surface area contributed by atoms with Gasteiger partial charge in [-0.1, -0.05) is 6.07 Å². The number of thiophene rings is 1. The number of benzene rings is 1. The zero-order valence-electron chi connectivity index (χ0n) is 14.1. The van der Waals surface area contributed by atoms with E-state index in [0.29, 0.717) is 22.3 Å². The van der Waals surface area contributed by atoms with Crippen LogP contribution in [0.15, 0.2) is 56.4 Å². The van der Waals surface area contributed by atoms with Gasteiger partial charge in [-0.2, -0.15) is 0 Å². The van der Waals surface area contributed by atoms with E-state index in [0.717, 1.165) is 9.88 Å². The Kier molecular flexibility index (Phi) is 4.74. The number of methoxy groups -OCH3 is 1. The summed E-state index contributed by atoms with van der Waals surface area (Å²) in [5.74, 6) is 0.0346. The van der Waals surface area contributed by atoms with Crippen LogP contribution >= 0.6 is 22.7 Å². The molecular formula is C19H13NO5S2. The van der Waals surface area contributed by atoms with Crippen LogP contribution in [0.3, 0.4) is 0 Å². The zero-order chi connectivity index (χ0) is 18.8. The van der Waals surface area contributed by atoms with Gasteiger partial charge in [0.15, 0.2) is 5.69 Å². The van der Waals surface area contributed by atoms with Crippen molar-refractivity contribution in [2.24, 2.45) is 0 Å². The van der Waals surface area contributed by atoms with Gasteiger partial charge in [0.25, 0.3) is 0 Å². The van der Waals surface area contributed by atoms with E-state index >= 15 is 0 Å². The molecule has 0 aliphatic carbocycles. The third-order valence-corrected chi connectivity index (χ3v) is 5.72. The van der Waals surface area contributed by atoms with Gasteiger partial charge in [-0.25, -0.2) is 14.6 Å². The second-order valence-corrected chi connectivity index (χ2v) is 7.35. The van der Waals surface area contributed by atoms with Crippen molar-refractivity contribution in [1.82, 2.24) is 4.98 Å². The van der Waals surface area contributed by atoms with E-state index in [2.05, 4.69) is 4.98 Å². The molecular weight excluding hydrogens is 386 g/mol. The van der Waals surface area contributed by atoms with Crippen LogP contribution in [0.5, 0.6) is 5.75 Å². The summed E-state index contributed by atoms with van der Waals surface area (Å²) in [4.78, 5) is 29.4. The Bertz CT molecular complexity index is 1160. The number of thiazole rings is 1. The van der Waals surface area contributed by atoms with Gasteiger partial charge in [0.1, 0.15) is 22.9 Å². The van der Waals surface area contributed by atoms with Gasteiger partial charge in [-0.15, -0.1) is 22.7 Å². The molecule has 27 heavy (non-hydrogen) atoms. The van der Waals surface area contributed by atoms with Crippen LogP contribution in [-0.4, -0.2) is 18.1 Å². The molecule has 6 nitrogen and oxygen atoms in total. The van der Waals surface area contributed by atoms with Gasteiger partial charge in [0.2, 0.25) is 0 Å². The molecule has 8 heteroatoms. The van der Waals surface area contributed by atoms with Crippen LogP contribution in [0.25, 0.3) is 20.9 Å². The average molecular weight is 399 g/mol. The van der Waals surface area contributed by atoms with Gasteiger partial charge in [-0.05, 0) is 23.6 Å². The number of carbonyl (C=O) groups excluding carboxylic acids is 1. The predicted molar refractivity (Wildman–Crippen MR) is 104 cm³/mol. The summed E-state index contributed by atoms with van der Waals surface area (Å²) in [5, 5.41) is 5.07. The molecule has 4 rings (SSSR count). The molecule has 3 heterocycles.